The number of H-pyrrole nitrogens is 1. The van der Waals surface area contributed by atoms with Gasteiger partial charge in [0, 0.05) is 31.5 Å². The molecule has 0 radical (unpaired) electrons. The largest absolute Gasteiger partial charge is 0.363 e. The van der Waals surface area contributed by atoms with E-state index in [9.17, 15) is 4.79 Å². The Morgan fingerprint density at radius 2 is 2.31 bits per heavy atom. The fraction of sp³-hybridized carbons (Fsp3) is 0.636. The molecule has 1 aliphatic rings. The van der Waals surface area contributed by atoms with Gasteiger partial charge in [-0.1, -0.05) is 6.92 Å². The van der Waals surface area contributed by atoms with Gasteiger partial charge in [0.2, 0.25) is 0 Å². The third-order valence-corrected chi connectivity index (χ3v) is 3.08. The van der Waals surface area contributed by atoms with Gasteiger partial charge in [-0.2, -0.15) is 0 Å². The first-order valence-electron chi connectivity index (χ1n) is 5.82. The molecule has 5 nitrogen and oxygen atoms in total. The Morgan fingerprint density at radius 3 is 2.94 bits per heavy atom. The van der Waals surface area contributed by atoms with Crippen molar-refractivity contribution in [2.24, 2.45) is 0 Å². The van der Waals surface area contributed by atoms with Gasteiger partial charge < -0.3 is 15.2 Å². The number of aromatic nitrogens is 2. The number of likely N-dealkylation sites (tertiary alicyclic amines) is 1. The highest BCUT2D eigenvalue weighted by molar-refractivity contribution is 5.31. The normalized spacial score (nSPS) is 18.6. The number of hydrogen-bond donors (Lipinski definition) is 2. The van der Waals surface area contributed by atoms with Crippen molar-refractivity contribution in [1.82, 2.24) is 14.9 Å². The van der Waals surface area contributed by atoms with E-state index in [0.717, 1.165) is 32.5 Å². The molecule has 1 saturated heterocycles. The molecule has 0 saturated carbocycles. The first kappa shape index (κ1) is 11.1. The van der Waals surface area contributed by atoms with Crippen LogP contribution in [0.3, 0.4) is 0 Å². The molecule has 0 spiro atoms. The number of aromatic amines is 1. The van der Waals surface area contributed by atoms with E-state index in [4.69, 9.17) is 0 Å². The predicted molar refractivity (Wildman–Crippen MR) is 63.6 cm³/mol. The molecule has 1 aromatic heterocycles. The molecule has 0 aromatic carbocycles. The summed E-state index contributed by atoms with van der Waals surface area (Å²) in [5, 5.41) is 3.21. The minimum Gasteiger partial charge on any atom is -0.363 e. The summed E-state index contributed by atoms with van der Waals surface area (Å²) < 4.78 is 0. The summed E-state index contributed by atoms with van der Waals surface area (Å²) in [4.78, 5) is 20.5. The van der Waals surface area contributed by atoms with E-state index in [-0.39, 0.29) is 5.56 Å². The lowest BCUT2D eigenvalue weighted by Gasteiger charge is -2.31. The van der Waals surface area contributed by atoms with Gasteiger partial charge in [-0.3, -0.25) is 4.79 Å². The van der Waals surface area contributed by atoms with Crippen LogP contribution in [0.5, 0.6) is 0 Å². The molecule has 2 heterocycles. The lowest BCUT2D eigenvalue weighted by Crippen LogP contribution is -2.39. The Morgan fingerprint density at radius 1 is 1.56 bits per heavy atom. The van der Waals surface area contributed by atoms with Crippen molar-refractivity contribution in [2.45, 2.75) is 25.8 Å². The smallest absolute Gasteiger partial charge is 0.290 e. The second-order valence-electron chi connectivity index (χ2n) is 4.12. The van der Waals surface area contributed by atoms with Crippen LogP contribution in [-0.2, 0) is 0 Å². The quantitative estimate of drug-likeness (QED) is 0.789. The van der Waals surface area contributed by atoms with Crippen molar-refractivity contribution in [3.63, 3.8) is 0 Å². The maximum atomic E-state index is 11.4. The zero-order chi connectivity index (χ0) is 11.4. The van der Waals surface area contributed by atoms with Gasteiger partial charge in [0.05, 0.1) is 0 Å². The Bertz CT molecular complexity index is 382. The molecule has 0 atom stereocenters. The molecular weight excluding hydrogens is 204 g/mol. The molecule has 0 aliphatic carbocycles. The van der Waals surface area contributed by atoms with Crippen molar-refractivity contribution in [1.29, 1.82) is 0 Å². The Balaban J connectivity index is 1.92. The second-order valence-corrected chi connectivity index (χ2v) is 4.12. The number of nitrogens with one attached hydrogen (secondary N) is 2. The standard InChI is InChI=1S/C11H18N4O/c1-2-15-7-3-9(4-8-15)14-10-11(16)13-6-5-12-10/h5-6,9H,2-4,7-8H2,1H3,(H,12,14)(H,13,16). The van der Waals surface area contributed by atoms with E-state index in [1.165, 1.54) is 0 Å². The monoisotopic (exact) mass is 222 g/mol. The first-order chi connectivity index (χ1) is 7.79. The summed E-state index contributed by atoms with van der Waals surface area (Å²) in [5.74, 6) is 0.442. The fourth-order valence-corrected chi connectivity index (χ4v) is 2.04. The van der Waals surface area contributed by atoms with Gasteiger partial charge in [-0.25, -0.2) is 4.98 Å². The molecule has 16 heavy (non-hydrogen) atoms. The Kier molecular flexibility index (Phi) is 3.56. The highest BCUT2D eigenvalue weighted by atomic mass is 16.1. The van der Waals surface area contributed by atoms with Crippen LogP contribution in [0.4, 0.5) is 5.82 Å². The van der Waals surface area contributed by atoms with E-state index >= 15 is 0 Å². The zero-order valence-corrected chi connectivity index (χ0v) is 9.57. The Labute approximate surface area is 94.9 Å². The van der Waals surface area contributed by atoms with E-state index in [1.54, 1.807) is 12.4 Å². The molecule has 0 bridgehead atoms. The summed E-state index contributed by atoms with van der Waals surface area (Å²) >= 11 is 0. The molecule has 0 unspecified atom stereocenters. The lowest BCUT2D eigenvalue weighted by atomic mass is 10.1. The summed E-state index contributed by atoms with van der Waals surface area (Å²) in [6.45, 7) is 5.48. The van der Waals surface area contributed by atoms with Gasteiger partial charge in [0.15, 0.2) is 5.82 Å². The SMILES string of the molecule is CCN1CCC(Nc2ncc[nH]c2=O)CC1. The molecule has 1 aromatic rings. The molecular formula is C11H18N4O. The number of anilines is 1. The molecule has 1 fully saturated rings. The number of hydrogen-bond acceptors (Lipinski definition) is 4. The molecule has 88 valence electrons. The van der Waals surface area contributed by atoms with E-state index in [0.29, 0.717) is 11.9 Å². The molecule has 1 aliphatic heterocycles. The van der Waals surface area contributed by atoms with Gasteiger partial charge in [-0.05, 0) is 19.4 Å². The van der Waals surface area contributed by atoms with E-state index in [1.807, 2.05) is 0 Å². The third kappa shape index (κ3) is 2.61. The van der Waals surface area contributed by atoms with Gasteiger partial charge in [0.25, 0.3) is 5.56 Å². The summed E-state index contributed by atoms with van der Waals surface area (Å²) in [6.07, 6.45) is 5.30. The number of rotatable bonds is 3. The summed E-state index contributed by atoms with van der Waals surface area (Å²) in [5.41, 5.74) is -0.138. The van der Waals surface area contributed by atoms with Crippen molar-refractivity contribution in [3.8, 4) is 0 Å². The van der Waals surface area contributed by atoms with Crippen LogP contribution in [-0.4, -0.2) is 40.5 Å². The van der Waals surface area contributed by atoms with Crippen molar-refractivity contribution < 1.29 is 0 Å². The number of nitrogens with zero attached hydrogens (tertiary/aromatic N) is 2. The second kappa shape index (κ2) is 5.12. The van der Waals surface area contributed by atoms with Crippen LogP contribution >= 0.6 is 0 Å². The van der Waals surface area contributed by atoms with Crippen LogP contribution < -0.4 is 10.9 Å². The molecule has 5 heteroatoms. The molecule has 2 N–H and O–H groups in total. The van der Waals surface area contributed by atoms with Crippen molar-refractivity contribution in [3.05, 3.63) is 22.7 Å². The number of piperidine rings is 1. The highest BCUT2D eigenvalue weighted by Gasteiger charge is 2.18. The third-order valence-electron chi connectivity index (χ3n) is 3.08. The average molecular weight is 222 g/mol. The van der Waals surface area contributed by atoms with Crippen molar-refractivity contribution in [2.75, 3.05) is 25.0 Å². The summed E-state index contributed by atoms with van der Waals surface area (Å²) in [7, 11) is 0. The molecule has 0 amide bonds. The highest BCUT2D eigenvalue weighted by Crippen LogP contribution is 2.12. The minimum absolute atomic E-state index is 0.138. The van der Waals surface area contributed by atoms with Gasteiger partial charge in [0.1, 0.15) is 0 Å². The van der Waals surface area contributed by atoms with Crippen molar-refractivity contribution >= 4 is 5.82 Å². The topological polar surface area (TPSA) is 61.0 Å². The van der Waals surface area contributed by atoms with Crippen LogP contribution in [0.25, 0.3) is 0 Å². The van der Waals surface area contributed by atoms with Crippen LogP contribution in [0.2, 0.25) is 0 Å². The van der Waals surface area contributed by atoms with Gasteiger partial charge >= 0.3 is 0 Å². The van der Waals surface area contributed by atoms with Crippen LogP contribution in [0.1, 0.15) is 19.8 Å². The lowest BCUT2D eigenvalue weighted by molar-refractivity contribution is 0.229. The zero-order valence-electron chi connectivity index (χ0n) is 9.57. The van der Waals surface area contributed by atoms with E-state index < -0.39 is 0 Å². The summed E-state index contributed by atoms with van der Waals surface area (Å²) in [6, 6.07) is 0.374. The fourth-order valence-electron chi connectivity index (χ4n) is 2.04. The minimum atomic E-state index is -0.138. The predicted octanol–water partition coefficient (Wildman–Crippen LogP) is 0.666. The first-order valence-corrected chi connectivity index (χ1v) is 5.82. The average Bonchev–Trinajstić information content (AvgIpc) is 2.33. The van der Waals surface area contributed by atoms with Gasteiger partial charge in [-0.15, -0.1) is 0 Å². The maximum Gasteiger partial charge on any atom is 0.290 e. The van der Waals surface area contributed by atoms with Crippen LogP contribution in [0, 0.1) is 0 Å². The molecule has 2 rings (SSSR count). The van der Waals surface area contributed by atoms with E-state index in [2.05, 4.69) is 27.1 Å². The Hall–Kier alpha value is -1.36. The van der Waals surface area contributed by atoms with Crippen LogP contribution in [0.15, 0.2) is 17.2 Å². The maximum absolute atomic E-state index is 11.4.